The molecular weight excluding hydrogens is 341 g/mol. The van der Waals surface area contributed by atoms with E-state index in [9.17, 15) is 8.42 Å². The number of hydrogen-bond donors (Lipinski definition) is 2. The molecule has 0 aromatic rings. The lowest BCUT2D eigenvalue weighted by Crippen LogP contribution is -2.39. The molecule has 2 N–H and O–H groups in total. The van der Waals surface area contributed by atoms with E-state index in [0.717, 1.165) is 13.0 Å². The van der Waals surface area contributed by atoms with Crippen molar-refractivity contribution >= 4 is 39.8 Å². The van der Waals surface area contributed by atoms with E-state index in [2.05, 4.69) is 22.5 Å². The van der Waals surface area contributed by atoms with Gasteiger partial charge in [-0.15, -0.1) is 24.0 Å². The quantitative estimate of drug-likeness (QED) is 0.412. The van der Waals surface area contributed by atoms with Gasteiger partial charge in [-0.3, -0.25) is 4.99 Å². The predicted octanol–water partition coefficient (Wildman–Crippen LogP) is 0.614. The highest BCUT2D eigenvalue weighted by molar-refractivity contribution is 14.0. The Morgan fingerprint density at radius 2 is 1.75 bits per heavy atom. The SMILES string of the molecule is CCCNC(=NC)NCCS(=O)(=O)CC.I. The highest BCUT2D eigenvalue weighted by atomic mass is 127. The number of hydrogen-bond acceptors (Lipinski definition) is 3. The second kappa shape index (κ2) is 10.1. The Balaban J connectivity index is 0. The minimum absolute atomic E-state index is 0. The summed E-state index contributed by atoms with van der Waals surface area (Å²) in [6.45, 7) is 4.95. The fraction of sp³-hybridized carbons (Fsp3) is 0.889. The summed E-state index contributed by atoms with van der Waals surface area (Å²) in [7, 11) is -1.22. The number of halogens is 1. The van der Waals surface area contributed by atoms with Crippen molar-refractivity contribution in [2.75, 3.05) is 31.6 Å². The first kappa shape index (κ1) is 18.3. The smallest absolute Gasteiger partial charge is 0.191 e. The van der Waals surface area contributed by atoms with E-state index in [1.165, 1.54) is 0 Å². The normalized spacial score (nSPS) is 11.8. The minimum atomic E-state index is -2.89. The van der Waals surface area contributed by atoms with E-state index in [0.29, 0.717) is 12.5 Å². The van der Waals surface area contributed by atoms with Crippen LogP contribution in [0.25, 0.3) is 0 Å². The first-order valence-electron chi connectivity index (χ1n) is 5.20. The van der Waals surface area contributed by atoms with Crippen LogP contribution in [0.15, 0.2) is 4.99 Å². The molecule has 0 unspecified atom stereocenters. The van der Waals surface area contributed by atoms with E-state index in [-0.39, 0.29) is 35.5 Å². The van der Waals surface area contributed by atoms with Crippen molar-refractivity contribution in [1.29, 1.82) is 0 Å². The topological polar surface area (TPSA) is 70.6 Å². The lowest BCUT2D eigenvalue weighted by molar-refractivity contribution is 0.595. The Labute approximate surface area is 115 Å². The maximum absolute atomic E-state index is 11.2. The first-order valence-corrected chi connectivity index (χ1v) is 7.02. The van der Waals surface area contributed by atoms with Gasteiger partial charge < -0.3 is 10.6 Å². The van der Waals surface area contributed by atoms with Crippen molar-refractivity contribution in [1.82, 2.24) is 10.6 Å². The number of guanidine groups is 1. The van der Waals surface area contributed by atoms with Crippen molar-refractivity contribution in [3.05, 3.63) is 0 Å². The van der Waals surface area contributed by atoms with Crippen LogP contribution in [-0.4, -0.2) is 46.0 Å². The van der Waals surface area contributed by atoms with Crippen LogP contribution in [0.5, 0.6) is 0 Å². The molecule has 0 saturated carbocycles. The van der Waals surface area contributed by atoms with Gasteiger partial charge in [0.05, 0.1) is 5.75 Å². The standard InChI is InChI=1S/C9H21N3O2S.HI/c1-4-6-11-9(10-3)12-7-8-15(13,14)5-2;/h4-8H2,1-3H3,(H2,10,11,12);1H. The van der Waals surface area contributed by atoms with Gasteiger partial charge in [-0.25, -0.2) is 8.42 Å². The molecule has 16 heavy (non-hydrogen) atoms. The Kier molecular flexibility index (Phi) is 11.6. The molecule has 0 spiro atoms. The number of aliphatic imine (C=N–C) groups is 1. The molecule has 0 aliphatic heterocycles. The van der Waals surface area contributed by atoms with Gasteiger partial charge in [0.2, 0.25) is 0 Å². The first-order chi connectivity index (χ1) is 7.05. The lowest BCUT2D eigenvalue weighted by atomic mass is 10.5. The number of nitrogens with one attached hydrogen (secondary N) is 2. The average molecular weight is 363 g/mol. The second-order valence-corrected chi connectivity index (χ2v) is 5.63. The summed E-state index contributed by atoms with van der Waals surface area (Å²) in [5.74, 6) is 0.995. The number of sulfone groups is 1. The zero-order chi connectivity index (χ0) is 11.7. The van der Waals surface area contributed by atoms with E-state index in [1.54, 1.807) is 14.0 Å². The molecule has 0 aromatic heterocycles. The largest absolute Gasteiger partial charge is 0.356 e. The Morgan fingerprint density at radius 1 is 1.19 bits per heavy atom. The van der Waals surface area contributed by atoms with Crippen LogP contribution < -0.4 is 10.6 Å². The van der Waals surface area contributed by atoms with Gasteiger partial charge in [-0.1, -0.05) is 13.8 Å². The Morgan fingerprint density at radius 3 is 2.19 bits per heavy atom. The molecule has 0 rings (SSSR count). The summed E-state index contributed by atoms with van der Waals surface area (Å²) in [5, 5.41) is 6.02. The third kappa shape index (κ3) is 9.20. The molecule has 0 bridgehead atoms. The van der Waals surface area contributed by atoms with E-state index in [4.69, 9.17) is 0 Å². The van der Waals surface area contributed by atoms with Gasteiger partial charge in [0, 0.05) is 25.9 Å². The summed E-state index contributed by atoms with van der Waals surface area (Å²) in [6.07, 6.45) is 1.01. The Bertz CT molecular complexity index is 291. The van der Waals surface area contributed by atoms with Crippen molar-refractivity contribution in [3.63, 3.8) is 0 Å². The molecule has 0 amide bonds. The van der Waals surface area contributed by atoms with Gasteiger partial charge in [-0.05, 0) is 6.42 Å². The maximum Gasteiger partial charge on any atom is 0.191 e. The highest BCUT2D eigenvalue weighted by Gasteiger charge is 2.06. The lowest BCUT2D eigenvalue weighted by Gasteiger charge is -2.10. The van der Waals surface area contributed by atoms with Crippen molar-refractivity contribution in [2.45, 2.75) is 20.3 Å². The molecule has 7 heteroatoms. The summed E-state index contributed by atoms with van der Waals surface area (Å²) in [5.41, 5.74) is 0. The minimum Gasteiger partial charge on any atom is -0.356 e. The fourth-order valence-electron chi connectivity index (χ4n) is 0.933. The molecule has 0 radical (unpaired) electrons. The van der Waals surface area contributed by atoms with E-state index < -0.39 is 9.84 Å². The van der Waals surface area contributed by atoms with Crippen molar-refractivity contribution < 1.29 is 8.42 Å². The van der Waals surface area contributed by atoms with Gasteiger partial charge in [0.25, 0.3) is 0 Å². The van der Waals surface area contributed by atoms with Crippen molar-refractivity contribution in [3.8, 4) is 0 Å². The molecule has 0 saturated heterocycles. The van der Waals surface area contributed by atoms with Crippen LogP contribution in [0.3, 0.4) is 0 Å². The monoisotopic (exact) mass is 363 g/mol. The van der Waals surface area contributed by atoms with E-state index >= 15 is 0 Å². The van der Waals surface area contributed by atoms with Crippen LogP contribution in [0.1, 0.15) is 20.3 Å². The maximum atomic E-state index is 11.2. The summed E-state index contributed by atoms with van der Waals surface area (Å²) < 4.78 is 22.4. The summed E-state index contributed by atoms with van der Waals surface area (Å²) in [4.78, 5) is 3.97. The Hall–Kier alpha value is -0.0500. The van der Waals surface area contributed by atoms with E-state index in [1.807, 2.05) is 0 Å². The van der Waals surface area contributed by atoms with Crippen LogP contribution in [-0.2, 0) is 9.84 Å². The molecule has 0 atom stereocenters. The summed E-state index contributed by atoms with van der Waals surface area (Å²) in [6, 6.07) is 0. The molecular formula is C9H22IN3O2S. The zero-order valence-corrected chi connectivity index (χ0v) is 13.3. The van der Waals surface area contributed by atoms with Crippen LogP contribution in [0.4, 0.5) is 0 Å². The van der Waals surface area contributed by atoms with Gasteiger partial charge >= 0.3 is 0 Å². The predicted molar refractivity (Wildman–Crippen MR) is 79.4 cm³/mol. The number of rotatable bonds is 6. The molecule has 5 nitrogen and oxygen atoms in total. The zero-order valence-electron chi connectivity index (χ0n) is 10.1. The third-order valence-electron chi connectivity index (χ3n) is 1.91. The van der Waals surface area contributed by atoms with Gasteiger partial charge in [0.1, 0.15) is 0 Å². The third-order valence-corrected chi connectivity index (χ3v) is 3.62. The molecule has 98 valence electrons. The second-order valence-electron chi connectivity index (χ2n) is 3.16. The van der Waals surface area contributed by atoms with Crippen LogP contribution in [0, 0.1) is 0 Å². The summed E-state index contributed by atoms with van der Waals surface area (Å²) >= 11 is 0. The highest BCUT2D eigenvalue weighted by Crippen LogP contribution is 1.86. The fourth-order valence-corrected chi connectivity index (χ4v) is 1.64. The average Bonchev–Trinajstić information content (AvgIpc) is 2.23. The molecule has 0 heterocycles. The van der Waals surface area contributed by atoms with Crippen molar-refractivity contribution in [2.24, 2.45) is 4.99 Å². The molecule has 0 aromatic carbocycles. The van der Waals surface area contributed by atoms with Crippen LogP contribution in [0.2, 0.25) is 0 Å². The van der Waals surface area contributed by atoms with Gasteiger partial charge in [-0.2, -0.15) is 0 Å². The van der Waals surface area contributed by atoms with Gasteiger partial charge in [0.15, 0.2) is 15.8 Å². The molecule has 0 fully saturated rings. The molecule has 0 aliphatic rings. The molecule has 0 aliphatic carbocycles. The number of nitrogens with zero attached hydrogens (tertiary/aromatic N) is 1. The van der Waals surface area contributed by atoms with Crippen LogP contribution >= 0.6 is 24.0 Å².